The van der Waals surface area contributed by atoms with Crippen LogP contribution in [0, 0.1) is 6.92 Å². The predicted octanol–water partition coefficient (Wildman–Crippen LogP) is 2.99. The molecule has 0 radical (unpaired) electrons. The summed E-state index contributed by atoms with van der Waals surface area (Å²) in [5, 5.41) is 2.14. The average Bonchev–Trinajstić information content (AvgIpc) is 3.09. The number of nitrogens with zero attached hydrogens (tertiary/aromatic N) is 2. The lowest BCUT2D eigenvalue weighted by Crippen LogP contribution is -2.49. The standard InChI is InChI=1S/C19H24N2OS/c1-16-4-6-17(7-5-16)15-19(22)21-12-10-20(11-13-21)9-8-18-3-2-14-23-18/h2-7,14H,8-13,15H2,1H3. The highest BCUT2D eigenvalue weighted by molar-refractivity contribution is 7.09. The number of carbonyl (C=O) groups is 1. The van der Waals surface area contributed by atoms with Gasteiger partial charge in [0.1, 0.15) is 0 Å². The van der Waals surface area contributed by atoms with Crippen LogP contribution in [0.1, 0.15) is 16.0 Å². The van der Waals surface area contributed by atoms with E-state index >= 15 is 0 Å². The Morgan fingerprint density at radius 1 is 1.09 bits per heavy atom. The summed E-state index contributed by atoms with van der Waals surface area (Å²) >= 11 is 1.83. The van der Waals surface area contributed by atoms with Gasteiger partial charge in [-0.05, 0) is 30.4 Å². The Balaban J connectivity index is 1.42. The lowest BCUT2D eigenvalue weighted by molar-refractivity contribution is -0.132. The van der Waals surface area contributed by atoms with Crippen molar-refractivity contribution in [2.45, 2.75) is 19.8 Å². The zero-order valence-electron chi connectivity index (χ0n) is 13.7. The minimum Gasteiger partial charge on any atom is -0.340 e. The third kappa shape index (κ3) is 4.66. The number of carbonyl (C=O) groups excluding carboxylic acids is 1. The van der Waals surface area contributed by atoms with Crippen LogP contribution in [0.3, 0.4) is 0 Å². The van der Waals surface area contributed by atoms with E-state index < -0.39 is 0 Å². The Kier molecular flexibility index (Phi) is 5.47. The van der Waals surface area contributed by atoms with Gasteiger partial charge in [0.2, 0.25) is 5.91 Å². The number of hydrogen-bond acceptors (Lipinski definition) is 3. The molecule has 0 atom stereocenters. The van der Waals surface area contributed by atoms with Gasteiger partial charge in [-0.15, -0.1) is 11.3 Å². The molecular weight excluding hydrogens is 304 g/mol. The molecule has 1 saturated heterocycles. The van der Waals surface area contributed by atoms with Gasteiger partial charge < -0.3 is 4.90 Å². The molecule has 1 aromatic carbocycles. The van der Waals surface area contributed by atoms with Crippen molar-refractivity contribution in [2.75, 3.05) is 32.7 Å². The van der Waals surface area contributed by atoms with Crippen LogP contribution in [-0.4, -0.2) is 48.4 Å². The van der Waals surface area contributed by atoms with Crippen LogP contribution in [-0.2, 0) is 17.6 Å². The molecule has 1 fully saturated rings. The summed E-state index contributed by atoms with van der Waals surface area (Å²) in [7, 11) is 0. The summed E-state index contributed by atoms with van der Waals surface area (Å²) in [6.45, 7) is 6.86. The van der Waals surface area contributed by atoms with E-state index in [4.69, 9.17) is 0 Å². The number of benzene rings is 1. The average molecular weight is 328 g/mol. The van der Waals surface area contributed by atoms with E-state index in [1.807, 2.05) is 16.2 Å². The first-order valence-electron chi connectivity index (χ1n) is 8.29. The summed E-state index contributed by atoms with van der Waals surface area (Å²) in [6, 6.07) is 12.6. The number of piperazine rings is 1. The first-order chi connectivity index (χ1) is 11.2. The van der Waals surface area contributed by atoms with Crippen molar-refractivity contribution in [1.29, 1.82) is 0 Å². The fourth-order valence-electron chi connectivity index (χ4n) is 2.94. The van der Waals surface area contributed by atoms with Gasteiger partial charge in [-0.2, -0.15) is 0 Å². The van der Waals surface area contributed by atoms with Gasteiger partial charge in [0.15, 0.2) is 0 Å². The van der Waals surface area contributed by atoms with Crippen molar-refractivity contribution in [1.82, 2.24) is 9.80 Å². The monoisotopic (exact) mass is 328 g/mol. The van der Waals surface area contributed by atoms with E-state index in [0.717, 1.165) is 44.7 Å². The maximum Gasteiger partial charge on any atom is 0.227 e. The highest BCUT2D eigenvalue weighted by Gasteiger charge is 2.20. The van der Waals surface area contributed by atoms with Gasteiger partial charge in [-0.3, -0.25) is 9.69 Å². The van der Waals surface area contributed by atoms with Gasteiger partial charge in [-0.25, -0.2) is 0 Å². The number of aryl methyl sites for hydroxylation is 1. The Labute approximate surface area is 142 Å². The molecule has 0 N–H and O–H groups in total. The van der Waals surface area contributed by atoms with Crippen LogP contribution >= 0.6 is 11.3 Å². The molecule has 0 bridgehead atoms. The highest BCUT2D eigenvalue weighted by Crippen LogP contribution is 2.12. The second kappa shape index (κ2) is 7.75. The minimum absolute atomic E-state index is 0.256. The van der Waals surface area contributed by atoms with Crippen molar-refractivity contribution >= 4 is 17.2 Å². The van der Waals surface area contributed by atoms with Gasteiger partial charge in [0.25, 0.3) is 0 Å². The number of amides is 1. The molecule has 1 aliphatic rings. The van der Waals surface area contributed by atoms with Crippen LogP contribution in [0.5, 0.6) is 0 Å². The Morgan fingerprint density at radius 3 is 2.48 bits per heavy atom. The summed E-state index contributed by atoms with van der Waals surface area (Å²) < 4.78 is 0. The van der Waals surface area contributed by atoms with Crippen molar-refractivity contribution in [3.8, 4) is 0 Å². The largest absolute Gasteiger partial charge is 0.340 e. The lowest BCUT2D eigenvalue weighted by atomic mass is 10.1. The zero-order chi connectivity index (χ0) is 16.1. The Morgan fingerprint density at radius 2 is 1.83 bits per heavy atom. The molecular formula is C19H24N2OS. The molecule has 0 unspecified atom stereocenters. The third-order valence-electron chi connectivity index (χ3n) is 4.46. The Bertz CT molecular complexity index is 613. The molecule has 0 aliphatic carbocycles. The second-order valence-electron chi connectivity index (χ2n) is 6.21. The molecule has 4 heteroatoms. The van der Waals surface area contributed by atoms with Crippen molar-refractivity contribution in [3.05, 3.63) is 57.8 Å². The van der Waals surface area contributed by atoms with Crippen LogP contribution in [0.25, 0.3) is 0 Å². The minimum atomic E-state index is 0.256. The van der Waals surface area contributed by atoms with E-state index in [0.29, 0.717) is 6.42 Å². The van der Waals surface area contributed by atoms with E-state index in [2.05, 4.69) is 53.6 Å². The fourth-order valence-corrected chi connectivity index (χ4v) is 3.63. The van der Waals surface area contributed by atoms with E-state index in [9.17, 15) is 4.79 Å². The zero-order valence-corrected chi connectivity index (χ0v) is 14.5. The summed E-state index contributed by atoms with van der Waals surface area (Å²) in [6.07, 6.45) is 1.64. The van der Waals surface area contributed by atoms with Gasteiger partial charge in [0, 0.05) is 37.6 Å². The first kappa shape index (κ1) is 16.2. The summed E-state index contributed by atoms with van der Waals surface area (Å²) in [5.41, 5.74) is 2.35. The van der Waals surface area contributed by atoms with E-state index in [-0.39, 0.29) is 5.91 Å². The van der Waals surface area contributed by atoms with Gasteiger partial charge in [-0.1, -0.05) is 35.9 Å². The van der Waals surface area contributed by atoms with E-state index in [1.165, 1.54) is 10.4 Å². The predicted molar refractivity (Wildman–Crippen MR) is 95.9 cm³/mol. The van der Waals surface area contributed by atoms with Gasteiger partial charge in [0.05, 0.1) is 6.42 Å². The Hall–Kier alpha value is -1.65. The van der Waals surface area contributed by atoms with Crippen LogP contribution in [0.15, 0.2) is 41.8 Å². The van der Waals surface area contributed by atoms with Gasteiger partial charge >= 0.3 is 0 Å². The van der Waals surface area contributed by atoms with Crippen LogP contribution in [0.4, 0.5) is 0 Å². The van der Waals surface area contributed by atoms with Crippen molar-refractivity contribution in [2.24, 2.45) is 0 Å². The molecule has 1 amide bonds. The van der Waals surface area contributed by atoms with Crippen LogP contribution < -0.4 is 0 Å². The maximum absolute atomic E-state index is 12.4. The maximum atomic E-state index is 12.4. The molecule has 1 aromatic heterocycles. The summed E-state index contributed by atoms with van der Waals surface area (Å²) in [4.78, 5) is 18.3. The molecule has 122 valence electrons. The number of hydrogen-bond donors (Lipinski definition) is 0. The molecule has 0 spiro atoms. The lowest BCUT2D eigenvalue weighted by Gasteiger charge is -2.34. The van der Waals surface area contributed by atoms with Crippen molar-refractivity contribution < 1.29 is 4.79 Å². The molecule has 2 heterocycles. The number of rotatable bonds is 5. The molecule has 0 saturated carbocycles. The van der Waals surface area contributed by atoms with Crippen LogP contribution in [0.2, 0.25) is 0 Å². The molecule has 3 rings (SSSR count). The molecule has 3 nitrogen and oxygen atoms in total. The highest BCUT2D eigenvalue weighted by atomic mass is 32.1. The number of thiophene rings is 1. The normalized spacial score (nSPS) is 15.8. The topological polar surface area (TPSA) is 23.6 Å². The molecule has 2 aromatic rings. The van der Waals surface area contributed by atoms with E-state index in [1.54, 1.807) is 0 Å². The SMILES string of the molecule is Cc1ccc(CC(=O)N2CCN(CCc3cccs3)CC2)cc1. The second-order valence-corrected chi connectivity index (χ2v) is 7.25. The fraction of sp³-hybridized carbons (Fsp3) is 0.421. The molecule has 23 heavy (non-hydrogen) atoms. The smallest absolute Gasteiger partial charge is 0.227 e. The van der Waals surface area contributed by atoms with Crippen molar-refractivity contribution in [3.63, 3.8) is 0 Å². The summed E-state index contributed by atoms with van der Waals surface area (Å²) in [5.74, 6) is 0.256. The quantitative estimate of drug-likeness (QED) is 0.842. The first-order valence-corrected chi connectivity index (χ1v) is 9.17. The molecule has 1 aliphatic heterocycles. The third-order valence-corrected chi connectivity index (χ3v) is 5.39.